The summed E-state index contributed by atoms with van der Waals surface area (Å²) in [6.07, 6.45) is -4.71. The van der Waals surface area contributed by atoms with Crippen LogP contribution in [0.3, 0.4) is 0 Å². The minimum absolute atomic E-state index is 0.0438. The average Bonchev–Trinajstić information content (AvgIpc) is 2.33. The Morgan fingerprint density at radius 2 is 1.86 bits per heavy atom. The number of hydrogen-bond acceptors (Lipinski definition) is 2. The molecule has 0 atom stereocenters. The third-order valence-electron chi connectivity index (χ3n) is 2.59. The van der Waals surface area contributed by atoms with Gasteiger partial charge >= 0.3 is 11.9 Å². The summed E-state index contributed by atoms with van der Waals surface area (Å²) in [7, 11) is 0. The Hall–Kier alpha value is -1.73. The highest BCUT2D eigenvalue weighted by atomic mass is 35.5. The molecule has 1 aromatic carbocycles. The molecule has 2 rings (SSSR count). The second kappa shape index (κ2) is 5.57. The summed E-state index contributed by atoms with van der Waals surface area (Å²) in [6, 6.07) is 5.84. The number of benzene rings is 1. The average molecular weight is 339 g/mol. The fourth-order valence-corrected chi connectivity index (χ4v) is 2.22. The third-order valence-corrected chi connectivity index (χ3v) is 3.11. The Morgan fingerprint density at radius 3 is 2.43 bits per heavy atom. The summed E-state index contributed by atoms with van der Waals surface area (Å²) in [5.74, 6) is 0. The molecule has 0 unspecified atom stereocenters. The van der Waals surface area contributed by atoms with Crippen LogP contribution in [0.4, 0.5) is 13.2 Å². The number of hydrogen-bond donors (Lipinski definition) is 1. The largest absolute Gasteiger partial charge is 0.406 e. The van der Waals surface area contributed by atoms with Crippen molar-refractivity contribution >= 4 is 23.2 Å². The molecule has 1 aromatic heterocycles. The van der Waals surface area contributed by atoms with Gasteiger partial charge in [0.2, 0.25) is 0 Å². The number of rotatable bonds is 2. The lowest BCUT2D eigenvalue weighted by molar-refractivity contribution is -0.141. The van der Waals surface area contributed by atoms with Gasteiger partial charge in [-0.15, -0.1) is 0 Å². The molecule has 21 heavy (non-hydrogen) atoms. The highest BCUT2D eigenvalue weighted by Gasteiger charge is 2.30. The first-order chi connectivity index (χ1) is 9.69. The first-order valence-electron chi connectivity index (χ1n) is 5.54. The Morgan fingerprint density at radius 1 is 1.19 bits per heavy atom. The number of halogens is 5. The fraction of sp³-hybridized carbons (Fsp3) is 0.167. The van der Waals surface area contributed by atoms with Gasteiger partial charge < -0.3 is 0 Å². The molecule has 0 fully saturated rings. The summed E-state index contributed by atoms with van der Waals surface area (Å²) < 4.78 is 37.3. The lowest BCUT2D eigenvalue weighted by Crippen LogP contribution is -2.40. The fourth-order valence-electron chi connectivity index (χ4n) is 1.76. The lowest BCUT2D eigenvalue weighted by Gasteiger charge is -2.11. The van der Waals surface area contributed by atoms with Crippen molar-refractivity contribution in [1.29, 1.82) is 0 Å². The van der Waals surface area contributed by atoms with Crippen LogP contribution in [0.25, 0.3) is 11.1 Å². The molecule has 9 heteroatoms. The van der Waals surface area contributed by atoms with E-state index < -0.39 is 24.0 Å². The molecular weight excluding hydrogens is 332 g/mol. The van der Waals surface area contributed by atoms with Gasteiger partial charge in [-0.2, -0.15) is 13.2 Å². The van der Waals surface area contributed by atoms with Crippen molar-refractivity contribution in [3.05, 3.63) is 55.3 Å². The van der Waals surface area contributed by atoms with Crippen LogP contribution in [0.5, 0.6) is 0 Å². The maximum Gasteiger partial charge on any atom is 0.406 e. The van der Waals surface area contributed by atoms with Gasteiger partial charge in [-0.25, -0.2) is 4.79 Å². The standard InChI is InChI=1S/C12H7Cl2F3N2O2/c13-7-3-1-2-6(4-7)8-9(14)18-11(21)19(10(8)20)5-12(15,16)17/h1-4H,5H2,(H,18,21). The van der Waals surface area contributed by atoms with E-state index in [0.717, 1.165) is 0 Å². The second-order valence-corrected chi connectivity index (χ2v) is 4.95. The van der Waals surface area contributed by atoms with Gasteiger partial charge in [0.05, 0.1) is 5.56 Å². The summed E-state index contributed by atoms with van der Waals surface area (Å²) in [6.45, 7) is -1.70. The summed E-state index contributed by atoms with van der Waals surface area (Å²) in [5, 5.41) is -0.0674. The van der Waals surface area contributed by atoms with Crippen LogP contribution in [-0.2, 0) is 6.54 Å². The minimum atomic E-state index is -4.71. The van der Waals surface area contributed by atoms with Gasteiger partial charge in [0.1, 0.15) is 11.7 Å². The second-order valence-electron chi connectivity index (χ2n) is 4.14. The topological polar surface area (TPSA) is 54.9 Å². The van der Waals surface area contributed by atoms with Crippen molar-refractivity contribution in [1.82, 2.24) is 9.55 Å². The van der Waals surface area contributed by atoms with Crippen molar-refractivity contribution in [3.63, 3.8) is 0 Å². The van der Waals surface area contributed by atoms with Crippen LogP contribution in [0.1, 0.15) is 0 Å². The molecule has 1 heterocycles. The maximum atomic E-state index is 12.4. The van der Waals surface area contributed by atoms with Crippen molar-refractivity contribution in [2.24, 2.45) is 0 Å². The molecular formula is C12H7Cl2F3N2O2. The van der Waals surface area contributed by atoms with Crippen molar-refractivity contribution in [2.75, 3.05) is 0 Å². The highest BCUT2D eigenvalue weighted by Crippen LogP contribution is 2.24. The molecule has 0 saturated carbocycles. The van der Waals surface area contributed by atoms with Gasteiger partial charge in [-0.3, -0.25) is 14.3 Å². The molecule has 2 aromatic rings. The number of nitrogens with zero attached hydrogens (tertiary/aromatic N) is 1. The molecule has 0 aliphatic heterocycles. The normalized spacial score (nSPS) is 11.7. The molecule has 1 N–H and O–H groups in total. The Labute approximate surface area is 125 Å². The molecule has 0 saturated heterocycles. The van der Waals surface area contributed by atoms with E-state index >= 15 is 0 Å². The zero-order valence-corrected chi connectivity index (χ0v) is 11.7. The van der Waals surface area contributed by atoms with Crippen LogP contribution in [0, 0.1) is 0 Å². The number of aromatic amines is 1. The van der Waals surface area contributed by atoms with Gasteiger partial charge in [-0.1, -0.05) is 35.3 Å². The van der Waals surface area contributed by atoms with Crippen LogP contribution in [-0.4, -0.2) is 15.7 Å². The van der Waals surface area contributed by atoms with E-state index in [-0.39, 0.29) is 25.9 Å². The smallest absolute Gasteiger partial charge is 0.297 e. The molecule has 0 aliphatic carbocycles. The van der Waals surface area contributed by atoms with E-state index in [0.29, 0.717) is 0 Å². The number of alkyl halides is 3. The molecule has 4 nitrogen and oxygen atoms in total. The number of H-pyrrole nitrogens is 1. The summed E-state index contributed by atoms with van der Waals surface area (Å²) >= 11 is 11.5. The molecule has 0 amide bonds. The lowest BCUT2D eigenvalue weighted by atomic mass is 10.1. The van der Waals surface area contributed by atoms with Crippen LogP contribution >= 0.6 is 23.2 Å². The van der Waals surface area contributed by atoms with E-state index in [1.54, 1.807) is 0 Å². The van der Waals surface area contributed by atoms with Crippen molar-refractivity contribution in [3.8, 4) is 11.1 Å². The van der Waals surface area contributed by atoms with Crippen LogP contribution in [0.2, 0.25) is 10.2 Å². The molecule has 0 bridgehead atoms. The molecule has 0 radical (unpaired) electrons. The van der Waals surface area contributed by atoms with E-state index in [2.05, 4.69) is 0 Å². The maximum absolute atomic E-state index is 12.4. The zero-order valence-electron chi connectivity index (χ0n) is 10.2. The van der Waals surface area contributed by atoms with Crippen molar-refractivity contribution in [2.45, 2.75) is 12.7 Å². The molecule has 0 spiro atoms. The monoisotopic (exact) mass is 338 g/mol. The Balaban J connectivity index is 2.71. The minimum Gasteiger partial charge on any atom is -0.297 e. The SMILES string of the molecule is O=c1[nH]c(Cl)c(-c2cccc(Cl)c2)c(=O)n1CC(F)(F)F. The predicted molar refractivity (Wildman–Crippen MR) is 72.8 cm³/mol. The number of aromatic nitrogens is 2. The highest BCUT2D eigenvalue weighted by molar-refractivity contribution is 6.32. The summed E-state index contributed by atoms with van der Waals surface area (Å²) in [5.41, 5.74) is -2.40. The Kier molecular flexibility index (Phi) is 4.15. The van der Waals surface area contributed by atoms with Gasteiger partial charge in [-0.05, 0) is 17.7 Å². The van der Waals surface area contributed by atoms with E-state index in [9.17, 15) is 22.8 Å². The Bertz CT molecular complexity index is 796. The van der Waals surface area contributed by atoms with E-state index in [1.807, 2.05) is 4.98 Å². The quantitative estimate of drug-likeness (QED) is 0.855. The first kappa shape index (κ1) is 15.7. The van der Waals surface area contributed by atoms with Gasteiger partial charge in [0.15, 0.2) is 0 Å². The van der Waals surface area contributed by atoms with E-state index in [4.69, 9.17) is 23.2 Å². The zero-order chi connectivity index (χ0) is 15.8. The third kappa shape index (κ3) is 3.48. The van der Waals surface area contributed by atoms with E-state index in [1.165, 1.54) is 24.3 Å². The van der Waals surface area contributed by atoms with Gasteiger partial charge in [0.25, 0.3) is 5.56 Å². The molecule has 0 aliphatic rings. The first-order valence-corrected chi connectivity index (χ1v) is 6.30. The van der Waals surface area contributed by atoms with Crippen molar-refractivity contribution < 1.29 is 13.2 Å². The molecule has 112 valence electrons. The van der Waals surface area contributed by atoms with Crippen LogP contribution in [0.15, 0.2) is 33.9 Å². The summed E-state index contributed by atoms with van der Waals surface area (Å²) in [4.78, 5) is 25.6. The predicted octanol–water partition coefficient (Wildman–Crippen LogP) is 3.07. The number of nitrogens with one attached hydrogen (secondary N) is 1. The van der Waals surface area contributed by atoms with Crippen LogP contribution < -0.4 is 11.2 Å². The van der Waals surface area contributed by atoms with Gasteiger partial charge in [0, 0.05) is 5.02 Å².